The van der Waals surface area contributed by atoms with E-state index in [0.717, 1.165) is 30.6 Å². The van der Waals surface area contributed by atoms with Gasteiger partial charge in [-0.3, -0.25) is 4.98 Å². The third-order valence-corrected chi connectivity index (χ3v) is 3.59. The number of rotatable bonds is 2. The molecule has 1 aromatic rings. The molecule has 1 aliphatic heterocycles. The summed E-state index contributed by atoms with van der Waals surface area (Å²) in [5.74, 6) is 1.54. The minimum absolute atomic E-state index is 0.0190. The lowest BCUT2D eigenvalue weighted by molar-refractivity contribution is 0.494. The van der Waals surface area contributed by atoms with E-state index in [9.17, 15) is 0 Å². The van der Waals surface area contributed by atoms with E-state index in [1.165, 1.54) is 5.69 Å². The molecule has 3 nitrogen and oxygen atoms in total. The maximum Gasteiger partial charge on any atom is 0.0569 e. The van der Waals surface area contributed by atoms with E-state index >= 15 is 0 Å². The lowest BCUT2D eigenvalue weighted by Gasteiger charge is -2.18. The molecule has 2 N–H and O–H groups in total. The third-order valence-electron chi connectivity index (χ3n) is 3.59. The number of hydrogen-bond donors (Lipinski definition) is 1. The summed E-state index contributed by atoms with van der Waals surface area (Å²) in [6, 6.07) is 4.19. The van der Waals surface area contributed by atoms with Crippen molar-refractivity contribution in [3.63, 3.8) is 0 Å². The second-order valence-electron chi connectivity index (χ2n) is 5.09. The fraction of sp³-hybridized carbons (Fsp3) is 0.615. The van der Waals surface area contributed by atoms with Crippen molar-refractivity contribution in [2.75, 3.05) is 18.0 Å². The SMILES string of the molecule is CC1CN(c2ccc([C@@H](C)N)nc2)CC1C. The Kier molecular flexibility index (Phi) is 3.15. The molecule has 2 heterocycles. The predicted molar refractivity (Wildman–Crippen MR) is 67.4 cm³/mol. The van der Waals surface area contributed by atoms with Crippen molar-refractivity contribution in [1.29, 1.82) is 0 Å². The van der Waals surface area contributed by atoms with E-state index < -0.39 is 0 Å². The van der Waals surface area contributed by atoms with E-state index in [2.05, 4.69) is 29.8 Å². The molecule has 3 atom stereocenters. The van der Waals surface area contributed by atoms with Gasteiger partial charge in [-0.15, -0.1) is 0 Å². The number of nitrogens with zero attached hydrogens (tertiary/aromatic N) is 2. The fourth-order valence-corrected chi connectivity index (χ4v) is 2.19. The smallest absolute Gasteiger partial charge is 0.0569 e. The van der Waals surface area contributed by atoms with E-state index in [-0.39, 0.29) is 6.04 Å². The molecule has 0 radical (unpaired) electrons. The quantitative estimate of drug-likeness (QED) is 0.829. The van der Waals surface area contributed by atoms with Crippen molar-refractivity contribution < 1.29 is 0 Å². The molecule has 1 saturated heterocycles. The largest absolute Gasteiger partial charge is 0.370 e. The minimum atomic E-state index is 0.0190. The number of aromatic nitrogens is 1. The van der Waals surface area contributed by atoms with Crippen molar-refractivity contribution in [3.8, 4) is 0 Å². The summed E-state index contributed by atoms with van der Waals surface area (Å²) in [6.45, 7) is 8.87. The number of hydrogen-bond acceptors (Lipinski definition) is 3. The predicted octanol–water partition coefficient (Wildman–Crippen LogP) is 2.19. The van der Waals surface area contributed by atoms with Gasteiger partial charge in [0.05, 0.1) is 17.6 Å². The van der Waals surface area contributed by atoms with Crippen LogP contribution in [0.25, 0.3) is 0 Å². The van der Waals surface area contributed by atoms with E-state index in [1.54, 1.807) is 0 Å². The fourth-order valence-electron chi connectivity index (χ4n) is 2.19. The maximum absolute atomic E-state index is 5.79. The van der Waals surface area contributed by atoms with Crippen LogP contribution in [0.3, 0.4) is 0 Å². The van der Waals surface area contributed by atoms with Gasteiger partial charge in [0, 0.05) is 19.1 Å². The summed E-state index contributed by atoms with van der Waals surface area (Å²) in [6.07, 6.45) is 1.95. The van der Waals surface area contributed by atoms with Gasteiger partial charge in [0.1, 0.15) is 0 Å². The first kappa shape index (κ1) is 11.4. The molecule has 0 aliphatic carbocycles. The standard InChI is InChI=1S/C13H21N3/c1-9-7-16(8-10(9)2)12-4-5-13(11(3)14)15-6-12/h4-6,9-11H,7-8,14H2,1-3H3/t9?,10?,11-/m1/s1. The second-order valence-corrected chi connectivity index (χ2v) is 5.09. The Morgan fingerprint density at radius 1 is 1.31 bits per heavy atom. The molecule has 2 rings (SSSR count). The van der Waals surface area contributed by atoms with Gasteiger partial charge < -0.3 is 10.6 Å². The van der Waals surface area contributed by atoms with Crippen LogP contribution >= 0.6 is 0 Å². The van der Waals surface area contributed by atoms with Gasteiger partial charge in [-0.2, -0.15) is 0 Å². The van der Waals surface area contributed by atoms with Crippen LogP contribution in [0, 0.1) is 11.8 Å². The van der Waals surface area contributed by atoms with Crippen molar-refractivity contribution >= 4 is 5.69 Å². The van der Waals surface area contributed by atoms with Crippen LogP contribution in [0.5, 0.6) is 0 Å². The van der Waals surface area contributed by atoms with E-state index in [0.29, 0.717) is 0 Å². The molecular weight excluding hydrogens is 198 g/mol. The highest BCUT2D eigenvalue weighted by Gasteiger charge is 2.26. The molecule has 0 spiro atoms. The van der Waals surface area contributed by atoms with Crippen molar-refractivity contribution in [2.24, 2.45) is 17.6 Å². The number of pyridine rings is 1. The zero-order chi connectivity index (χ0) is 11.7. The summed E-state index contributed by atoms with van der Waals surface area (Å²) in [4.78, 5) is 6.82. The zero-order valence-electron chi connectivity index (χ0n) is 10.4. The normalized spacial score (nSPS) is 27.1. The van der Waals surface area contributed by atoms with Gasteiger partial charge in [-0.05, 0) is 30.9 Å². The summed E-state index contributed by atoms with van der Waals surface area (Å²) < 4.78 is 0. The summed E-state index contributed by atoms with van der Waals surface area (Å²) in [7, 11) is 0. The molecule has 0 aromatic carbocycles. The maximum atomic E-state index is 5.79. The minimum Gasteiger partial charge on any atom is -0.370 e. The van der Waals surface area contributed by atoms with Crippen LogP contribution in [0.4, 0.5) is 5.69 Å². The molecule has 2 unspecified atom stereocenters. The van der Waals surface area contributed by atoms with E-state index in [1.807, 2.05) is 19.2 Å². The van der Waals surface area contributed by atoms with Crippen LogP contribution in [0.1, 0.15) is 32.5 Å². The summed E-state index contributed by atoms with van der Waals surface area (Å²) in [5.41, 5.74) is 7.97. The number of anilines is 1. The Hall–Kier alpha value is -1.09. The highest BCUT2D eigenvalue weighted by Crippen LogP contribution is 2.27. The van der Waals surface area contributed by atoms with Crippen LogP contribution in [0.15, 0.2) is 18.3 Å². The lowest BCUT2D eigenvalue weighted by atomic mass is 10.0. The zero-order valence-corrected chi connectivity index (χ0v) is 10.4. The molecule has 3 heteroatoms. The van der Waals surface area contributed by atoms with Crippen LogP contribution < -0.4 is 10.6 Å². The molecule has 88 valence electrons. The first-order valence-electron chi connectivity index (χ1n) is 6.04. The Balaban J connectivity index is 2.11. The molecule has 0 amide bonds. The monoisotopic (exact) mass is 219 g/mol. The number of nitrogens with two attached hydrogens (primary N) is 1. The highest BCUT2D eigenvalue weighted by atomic mass is 15.2. The molecular formula is C13H21N3. The average Bonchev–Trinajstić information content (AvgIpc) is 2.59. The Labute approximate surface area is 97.7 Å². The Morgan fingerprint density at radius 2 is 1.94 bits per heavy atom. The van der Waals surface area contributed by atoms with Gasteiger partial charge >= 0.3 is 0 Å². The van der Waals surface area contributed by atoms with Gasteiger partial charge in [-0.1, -0.05) is 13.8 Å². The molecule has 0 saturated carbocycles. The Bertz CT molecular complexity index is 335. The van der Waals surface area contributed by atoms with Crippen molar-refractivity contribution in [1.82, 2.24) is 4.98 Å². The molecule has 0 bridgehead atoms. The van der Waals surface area contributed by atoms with Gasteiger partial charge in [0.15, 0.2) is 0 Å². The van der Waals surface area contributed by atoms with Gasteiger partial charge in [0.25, 0.3) is 0 Å². The first-order chi connectivity index (χ1) is 7.58. The summed E-state index contributed by atoms with van der Waals surface area (Å²) >= 11 is 0. The van der Waals surface area contributed by atoms with Crippen LogP contribution in [-0.4, -0.2) is 18.1 Å². The first-order valence-corrected chi connectivity index (χ1v) is 6.04. The molecule has 1 fully saturated rings. The Morgan fingerprint density at radius 3 is 2.38 bits per heavy atom. The highest BCUT2D eigenvalue weighted by molar-refractivity contribution is 5.46. The van der Waals surface area contributed by atoms with Crippen LogP contribution in [0.2, 0.25) is 0 Å². The topological polar surface area (TPSA) is 42.1 Å². The van der Waals surface area contributed by atoms with Crippen LogP contribution in [-0.2, 0) is 0 Å². The second kappa shape index (κ2) is 4.42. The third kappa shape index (κ3) is 2.19. The van der Waals surface area contributed by atoms with Gasteiger partial charge in [-0.25, -0.2) is 0 Å². The molecule has 1 aliphatic rings. The van der Waals surface area contributed by atoms with Gasteiger partial charge in [0.2, 0.25) is 0 Å². The lowest BCUT2D eigenvalue weighted by Crippen LogP contribution is -2.20. The van der Waals surface area contributed by atoms with Crippen molar-refractivity contribution in [2.45, 2.75) is 26.8 Å². The summed E-state index contributed by atoms with van der Waals surface area (Å²) in [5, 5.41) is 0. The van der Waals surface area contributed by atoms with E-state index in [4.69, 9.17) is 5.73 Å². The van der Waals surface area contributed by atoms with Crippen molar-refractivity contribution in [3.05, 3.63) is 24.0 Å². The average molecular weight is 219 g/mol. The molecule has 16 heavy (non-hydrogen) atoms. The molecule has 1 aromatic heterocycles.